The van der Waals surface area contributed by atoms with Gasteiger partial charge in [-0.15, -0.1) is 0 Å². The van der Waals surface area contributed by atoms with Crippen LogP contribution >= 0.6 is 22.2 Å². The third kappa shape index (κ3) is 9.85. The molecule has 1 atom stereocenters. The predicted molar refractivity (Wildman–Crippen MR) is 238 cm³/mol. The van der Waals surface area contributed by atoms with Gasteiger partial charge in [-0.2, -0.15) is 0 Å². The van der Waals surface area contributed by atoms with Crippen molar-refractivity contribution in [3.8, 4) is 11.5 Å². The zero-order valence-electron chi connectivity index (χ0n) is 33.8. The van der Waals surface area contributed by atoms with Gasteiger partial charge in [0.1, 0.15) is 17.2 Å². The number of fused-ring (bicyclic) bond motifs is 1. The fourth-order valence-electron chi connectivity index (χ4n) is 8.42. The highest BCUT2D eigenvalue weighted by atomic mass is 35.5. The van der Waals surface area contributed by atoms with Crippen LogP contribution < -0.4 is 19.7 Å². The van der Waals surface area contributed by atoms with Crippen LogP contribution in [0.2, 0.25) is 5.02 Å². The number of amides is 1. The number of sulfone groups is 1. The summed E-state index contributed by atoms with van der Waals surface area (Å²) in [4.78, 5) is 32.5. The minimum Gasteiger partial charge on any atom is -0.800 e. The molecule has 2 fully saturated rings. The van der Waals surface area contributed by atoms with Crippen molar-refractivity contribution in [2.75, 3.05) is 54.4 Å². The first-order valence-electron chi connectivity index (χ1n) is 20.2. The van der Waals surface area contributed by atoms with Crippen molar-refractivity contribution in [1.29, 1.82) is 0 Å². The number of aromatic amines is 1. The molecule has 2 aliphatic heterocycles. The number of nitrogens with one attached hydrogen (secondary N) is 3. The number of ether oxygens (including phenoxy) is 1. The fourth-order valence-corrected chi connectivity index (χ4v) is 11.2. The number of halogens is 1. The van der Waals surface area contributed by atoms with Crippen LogP contribution in [0, 0.1) is 15.5 Å². The van der Waals surface area contributed by atoms with Gasteiger partial charge in [-0.3, -0.25) is 19.8 Å². The monoisotopic (exact) mass is 886 g/mol. The first-order valence-corrected chi connectivity index (χ1v) is 23.8. The number of allylic oxidation sites excluding steroid dienone is 1. The number of hydrogen-bond acceptors (Lipinski definition) is 11. The third-order valence-electron chi connectivity index (χ3n) is 11.8. The van der Waals surface area contributed by atoms with Crippen LogP contribution in [0.4, 0.5) is 17.1 Å². The standard InChI is InChI=1S/C44H49ClN6O8S2/c1-44(2)16-13-31(38(26-44)29-3-5-32(45)6-4-29)27-49-18-20-50(21-19-49)34-7-10-37(42(24-34)59-35-8-11-39-30(23-35)14-17-46-39)43(52)48-61(57,58)36-9-12-40(41(25-36)51(53)54)47-33-15-22-60(55,56)28-33/h3-12,14,17,23-25,33,46-47,55-56H,13,15-16,18-22,26-28H2,1-2H3,(H,48,52)/p-2. The van der Waals surface area contributed by atoms with Gasteiger partial charge in [0.2, 0.25) is 0 Å². The molecular formula is C44H47ClN6O8S2-2. The van der Waals surface area contributed by atoms with E-state index < -0.39 is 48.1 Å². The van der Waals surface area contributed by atoms with Crippen molar-refractivity contribution >= 4 is 71.7 Å². The molecule has 4 aromatic carbocycles. The summed E-state index contributed by atoms with van der Waals surface area (Å²) < 4.78 is 59.6. The number of rotatable bonds is 12. The van der Waals surface area contributed by atoms with Gasteiger partial charge in [0.15, 0.2) is 0 Å². The lowest BCUT2D eigenvalue weighted by Crippen LogP contribution is -2.47. The summed E-state index contributed by atoms with van der Waals surface area (Å²) in [6.45, 7) is 8.56. The SMILES string of the molecule is CC1(C)CCC(CN2CCN(c3ccc(C(=O)NS(=O)(=O)c4ccc(NC5CCS([O-])([O-])C5)c([N+](=O)[O-])c4)c(Oc4ccc5[nH]ccc5c4)c3)CC2)=C(c2ccc(Cl)cc2)C1. The summed E-state index contributed by atoms with van der Waals surface area (Å²) in [5, 5.41) is 16.5. The molecule has 0 spiro atoms. The molecule has 1 unspecified atom stereocenters. The van der Waals surface area contributed by atoms with Crippen LogP contribution in [0.1, 0.15) is 55.5 Å². The number of sulfonamides is 1. The second-order valence-electron chi connectivity index (χ2n) is 16.8. The van der Waals surface area contributed by atoms with E-state index in [0.717, 1.165) is 72.6 Å². The van der Waals surface area contributed by atoms with E-state index >= 15 is 0 Å². The molecule has 0 radical (unpaired) electrons. The Morgan fingerprint density at radius 3 is 2.49 bits per heavy atom. The Hall–Kier alpha value is -5.10. The lowest BCUT2D eigenvalue weighted by atomic mass is 9.72. The van der Waals surface area contributed by atoms with E-state index in [1.54, 1.807) is 24.4 Å². The Bertz CT molecular complexity index is 2620. The van der Waals surface area contributed by atoms with Crippen molar-refractivity contribution in [2.45, 2.75) is 50.5 Å². The summed E-state index contributed by atoms with van der Waals surface area (Å²) in [7, 11) is -7.91. The second kappa shape index (κ2) is 17.0. The number of carbonyl (C=O) groups excluding carboxylic acids is 1. The number of carbonyl (C=O) groups is 1. The van der Waals surface area contributed by atoms with E-state index in [0.29, 0.717) is 18.8 Å². The minimum atomic E-state index is -4.63. The number of aromatic nitrogens is 1. The number of hydrogen-bond donors (Lipinski definition) is 3. The first kappa shape index (κ1) is 42.6. The summed E-state index contributed by atoms with van der Waals surface area (Å²) in [5.74, 6) is -0.675. The highest BCUT2D eigenvalue weighted by molar-refractivity contribution is 8.24. The first-order chi connectivity index (χ1) is 29.0. The molecule has 5 aromatic rings. The summed E-state index contributed by atoms with van der Waals surface area (Å²) in [6, 6.07) is 23.1. The van der Waals surface area contributed by atoms with Crippen molar-refractivity contribution in [3.05, 3.63) is 123 Å². The van der Waals surface area contributed by atoms with Gasteiger partial charge in [0.25, 0.3) is 21.6 Å². The smallest absolute Gasteiger partial charge is 0.293 e. The van der Waals surface area contributed by atoms with Crippen molar-refractivity contribution in [1.82, 2.24) is 14.6 Å². The molecule has 3 aliphatic rings. The van der Waals surface area contributed by atoms with E-state index in [2.05, 4.69) is 50.8 Å². The molecule has 322 valence electrons. The molecule has 3 N–H and O–H groups in total. The Morgan fingerprint density at radius 2 is 1.77 bits per heavy atom. The highest BCUT2D eigenvalue weighted by Gasteiger charge is 2.31. The highest BCUT2D eigenvalue weighted by Crippen LogP contribution is 2.47. The number of anilines is 2. The largest absolute Gasteiger partial charge is 0.800 e. The van der Waals surface area contributed by atoms with Crippen molar-refractivity contribution < 1.29 is 32.0 Å². The number of benzene rings is 4. The van der Waals surface area contributed by atoms with Gasteiger partial charge in [-0.25, -0.2) is 13.1 Å². The quantitative estimate of drug-likeness (QED) is 0.0801. The Labute approximate surface area is 361 Å². The van der Waals surface area contributed by atoms with Crippen LogP contribution in [0.5, 0.6) is 11.5 Å². The van der Waals surface area contributed by atoms with Gasteiger partial charge in [-0.1, -0.05) is 43.2 Å². The average Bonchev–Trinajstić information content (AvgIpc) is 3.83. The van der Waals surface area contributed by atoms with Crippen molar-refractivity contribution in [2.24, 2.45) is 5.41 Å². The topological polar surface area (TPSA) is 196 Å². The zero-order chi connectivity index (χ0) is 43.1. The van der Waals surface area contributed by atoms with Gasteiger partial charge >= 0.3 is 0 Å². The van der Waals surface area contributed by atoms with E-state index in [4.69, 9.17) is 16.3 Å². The maximum atomic E-state index is 13.9. The minimum absolute atomic E-state index is 0.0262. The molecule has 1 aromatic heterocycles. The van der Waals surface area contributed by atoms with Crippen LogP contribution in [0.25, 0.3) is 16.5 Å². The number of H-pyrrole nitrogens is 1. The van der Waals surface area contributed by atoms with Gasteiger partial charge in [-0.05, 0) is 114 Å². The molecular weight excluding hydrogens is 840 g/mol. The fraction of sp³-hybridized carbons (Fsp3) is 0.341. The third-order valence-corrected chi connectivity index (χ3v) is 15.1. The van der Waals surface area contributed by atoms with Crippen LogP contribution in [-0.4, -0.2) is 88.5 Å². The molecule has 8 rings (SSSR count). The molecule has 0 saturated carbocycles. The average molecular weight is 887 g/mol. The number of nitrogens with zero attached hydrogens (tertiary/aromatic N) is 3. The maximum absolute atomic E-state index is 13.9. The number of piperazine rings is 1. The molecule has 1 amide bonds. The summed E-state index contributed by atoms with van der Waals surface area (Å²) in [6.07, 6.45) is 5.23. The van der Waals surface area contributed by atoms with Crippen LogP contribution in [0.3, 0.4) is 0 Å². The molecule has 17 heteroatoms. The second-order valence-corrected chi connectivity index (χ2v) is 21.2. The summed E-state index contributed by atoms with van der Waals surface area (Å²) in [5.41, 5.74) is 5.32. The van der Waals surface area contributed by atoms with Crippen LogP contribution in [-0.2, 0) is 10.0 Å². The van der Waals surface area contributed by atoms with Gasteiger partial charge in [0, 0.05) is 78.7 Å². The van der Waals surface area contributed by atoms with E-state index in [1.165, 1.54) is 28.8 Å². The van der Waals surface area contributed by atoms with Gasteiger partial charge < -0.3 is 39.6 Å². The Morgan fingerprint density at radius 1 is 1.00 bits per heavy atom. The molecule has 1 aliphatic carbocycles. The van der Waals surface area contributed by atoms with E-state index in [9.17, 15) is 32.4 Å². The Kier molecular flexibility index (Phi) is 11.9. The zero-order valence-corrected chi connectivity index (χ0v) is 36.2. The number of nitro benzene ring substituents is 1. The predicted octanol–water partition coefficient (Wildman–Crippen LogP) is 8.68. The molecule has 14 nitrogen and oxygen atoms in total. The maximum Gasteiger partial charge on any atom is 0.293 e. The Balaban J connectivity index is 1.01. The normalized spacial score (nSPS) is 19.8. The molecule has 0 bridgehead atoms. The molecule has 2 saturated heterocycles. The van der Waals surface area contributed by atoms with Crippen LogP contribution in [0.15, 0.2) is 102 Å². The number of nitro groups is 1. The van der Waals surface area contributed by atoms with Crippen molar-refractivity contribution in [3.63, 3.8) is 0 Å². The molecule has 61 heavy (non-hydrogen) atoms. The van der Waals surface area contributed by atoms with E-state index in [-0.39, 0.29) is 40.3 Å². The lowest BCUT2D eigenvalue weighted by molar-refractivity contribution is -0.384. The summed E-state index contributed by atoms with van der Waals surface area (Å²) >= 11 is 6.23. The lowest BCUT2D eigenvalue weighted by Gasteiger charge is -2.56. The molecule has 3 heterocycles. The van der Waals surface area contributed by atoms with Gasteiger partial charge in [0.05, 0.1) is 15.4 Å². The van der Waals surface area contributed by atoms with E-state index in [1.807, 2.05) is 30.3 Å².